The van der Waals surface area contributed by atoms with E-state index in [9.17, 15) is 4.39 Å². The molecule has 0 spiro atoms. The molecule has 0 aromatic heterocycles. The van der Waals surface area contributed by atoms with Gasteiger partial charge < -0.3 is 5.32 Å². The van der Waals surface area contributed by atoms with E-state index in [1.807, 2.05) is 6.07 Å². The quantitative estimate of drug-likeness (QED) is 0.888. The summed E-state index contributed by atoms with van der Waals surface area (Å²) in [4.78, 5) is 0. The zero-order valence-corrected chi connectivity index (χ0v) is 10.9. The lowest BCUT2D eigenvalue weighted by molar-refractivity contribution is 0.370. The molecule has 2 nitrogen and oxygen atoms in total. The maximum atomic E-state index is 13.2. The Hall–Kier alpha value is -1.40. The van der Waals surface area contributed by atoms with Gasteiger partial charge in [-0.25, -0.2) is 4.39 Å². The number of nitrogens with zero attached hydrogens (tertiary/aromatic N) is 1. The fourth-order valence-corrected chi connectivity index (χ4v) is 2.67. The lowest BCUT2D eigenvalue weighted by Crippen LogP contribution is -2.31. The van der Waals surface area contributed by atoms with E-state index in [4.69, 9.17) is 5.26 Å². The number of hydrogen-bond acceptors (Lipinski definition) is 2. The minimum Gasteiger partial charge on any atom is -0.310 e. The molecule has 0 heterocycles. The average molecular weight is 246 g/mol. The molecule has 1 saturated carbocycles. The highest BCUT2D eigenvalue weighted by Gasteiger charge is 2.28. The summed E-state index contributed by atoms with van der Waals surface area (Å²) in [5.41, 5.74) is 1.10. The highest BCUT2D eigenvalue weighted by molar-refractivity contribution is 5.34. The van der Waals surface area contributed by atoms with Crippen molar-refractivity contribution in [1.29, 1.82) is 5.26 Å². The van der Waals surface area contributed by atoms with E-state index in [1.54, 1.807) is 12.1 Å². The summed E-state index contributed by atoms with van der Waals surface area (Å²) in [7, 11) is 0. The molecule has 1 aromatic rings. The van der Waals surface area contributed by atoms with Crippen LogP contribution in [0, 0.1) is 29.0 Å². The normalized spacial score (nSPS) is 27.1. The lowest BCUT2D eigenvalue weighted by Gasteiger charge is -2.19. The second-order valence-corrected chi connectivity index (χ2v) is 5.33. The van der Waals surface area contributed by atoms with E-state index in [-0.39, 0.29) is 5.56 Å². The van der Waals surface area contributed by atoms with Crippen molar-refractivity contribution in [3.8, 4) is 6.07 Å². The Morgan fingerprint density at radius 2 is 2.17 bits per heavy atom. The van der Waals surface area contributed by atoms with E-state index in [0.717, 1.165) is 11.5 Å². The first-order chi connectivity index (χ1) is 8.61. The summed E-state index contributed by atoms with van der Waals surface area (Å²) in [5.74, 6) is 1.01. The number of rotatable bonds is 3. The molecule has 2 rings (SSSR count). The van der Waals surface area contributed by atoms with Crippen molar-refractivity contribution < 1.29 is 4.39 Å². The number of benzene rings is 1. The average Bonchev–Trinajstić information content (AvgIpc) is 2.69. The Morgan fingerprint density at radius 1 is 1.39 bits per heavy atom. The highest BCUT2D eigenvalue weighted by Crippen LogP contribution is 2.31. The second-order valence-electron chi connectivity index (χ2n) is 5.33. The van der Waals surface area contributed by atoms with Gasteiger partial charge in [-0.05, 0) is 42.4 Å². The highest BCUT2D eigenvalue weighted by atomic mass is 19.1. The standard InChI is InChI=1S/C15H19FN2/c1-10-3-6-15(11(10)2)18-9-12-4-5-14(16)13(7-12)8-17/h4-5,7,10-11,15,18H,3,6,9H2,1-2H3. The SMILES string of the molecule is CC1CCC(NCc2ccc(F)c(C#N)c2)C1C. The van der Waals surface area contributed by atoms with E-state index < -0.39 is 5.82 Å². The van der Waals surface area contributed by atoms with Crippen LogP contribution in [-0.4, -0.2) is 6.04 Å². The summed E-state index contributed by atoms with van der Waals surface area (Å²) >= 11 is 0. The van der Waals surface area contributed by atoms with Gasteiger partial charge in [0.05, 0.1) is 5.56 Å². The first-order valence-electron chi connectivity index (χ1n) is 6.53. The van der Waals surface area contributed by atoms with Gasteiger partial charge in [-0.1, -0.05) is 19.9 Å². The molecular weight excluding hydrogens is 227 g/mol. The largest absolute Gasteiger partial charge is 0.310 e. The van der Waals surface area contributed by atoms with Crippen LogP contribution in [0.5, 0.6) is 0 Å². The van der Waals surface area contributed by atoms with Crippen LogP contribution >= 0.6 is 0 Å². The number of nitrogens with one attached hydrogen (secondary N) is 1. The van der Waals surface area contributed by atoms with Gasteiger partial charge in [-0.2, -0.15) is 5.26 Å². The summed E-state index contributed by atoms with van der Waals surface area (Å²) in [5, 5.41) is 12.3. The van der Waals surface area contributed by atoms with Crippen LogP contribution in [0.15, 0.2) is 18.2 Å². The smallest absolute Gasteiger partial charge is 0.140 e. The Balaban J connectivity index is 1.97. The van der Waals surface area contributed by atoms with Crippen molar-refractivity contribution in [3.05, 3.63) is 35.1 Å². The van der Waals surface area contributed by atoms with Crippen LogP contribution < -0.4 is 5.32 Å². The fourth-order valence-electron chi connectivity index (χ4n) is 2.67. The third-order valence-corrected chi connectivity index (χ3v) is 4.18. The minimum absolute atomic E-state index is 0.127. The number of hydrogen-bond donors (Lipinski definition) is 1. The second kappa shape index (κ2) is 5.49. The third-order valence-electron chi connectivity index (χ3n) is 4.18. The third kappa shape index (κ3) is 2.70. The molecule has 0 radical (unpaired) electrons. The summed E-state index contributed by atoms with van der Waals surface area (Å²) in [6.07, 6.45) is 2.47. The molecule has 0 amide bonds. The molecule has 1 fully saturated rings. The molecular formula is C15H19FN2. The van der Waals surface area contributed by atoms with Gasteiger partial charge >= 0.3 is 0 Å². The molecule has 1 aliphatic rings. The molecule has 0 bridgehead atoms. The van der Waals surface area contributed by atoms with E-state index in [2.05, 4.69) is 19.2 Å². The molecule has 18 heavy (non-hydrogen) atoms. The summed E-state index contributed by atoms with van der Waals surface area (Å²) in [6.45, 7) is 5.27. The van der Waals surface area contributed by atoms with Gasteiger partial charge in [0.15, 0.2) is 0 Å². The van der Waals surface area contributed by atoms with Gasteiger partial charge in [0.1, 0.15) is 11.9 Å². The van der Waals surface area contributed by atoms with Gasteiger partial charge in [0, 0.05) is 12.6 Å². The van der Waals surface area contributed by atoms with Crippen LogP contribution in [0.4, 0.5) is 4.39 Å². The van der Waals surface area contributed by atoms with Crippen molar-refractivity contribution >= 4 is 0 Å². The Bertz CT molecular complexity index is 464. The Labute approximate surface area is 108 Å². The maximum absolute atomic E-state index is 13.2. The van der Waals surface area contributed by atoms with Crippen molar-refractivity contribution in [1.82, 2.24) is 5.32 Å². The van der Waals surface area contributed by atoms with Gasteiger partial charge in [0.2, 0.25) is 0 Å². The molecule has 96 valence electrons. The molecule has 3 heteroatoms. The van der Waals surface area contributed by atoms with Crippen LogP contribution in [-0.2, 0) is 6.54 Å². The van der Waals surface area contributed by atoms with Gasteiger partial charge in [-0.3, -0.25) is 0 Å². The van der Waals surface area contributed by atoms with Crippen molar-refractivity contribution in [2.45, 2.75) is 39.3 Å². The number of halogens is 1. The lowest BCUT2D eigenvalue weighted by atomic mass is 9.97. The van der Waals surface area contributed by atoms with Crippen molar-refractivity contribution in [2.75, 3.05) is 0 Å². The topological polar surface area (TPSA) is 35.8 Å². The predicted octanol–water partition coefficient (Wildman–Crippen LogP) is 3.22. The van der Waals surface area contributed by atoms with Crippen LogP contribution in [0.3, 0.4) is 0 Å². The molecule has 1 aromatic carbocycles. The molecule has 1 N–H and O–H groups in total. The Kier molecular flexibility index (Phi) is 3.98. The first-order valence-corrected chi connectivity index (χ1v) is 6.53. The van der Waals surface area contributed by atoms with Gasteiger partial charge in [-0.15, -0.1) is 0 Å². The van der Waals surface area contributed by atoms with Crippen LogP contribution in [0.2, 0.25) is 0 Å². The van der Waals surface area contributed by atoms with Crippen LogP contribution in [0.25, 0.3) is 0 Å². The monoisotopic (exact) mass is 246 g/mol. The molecule has 3 atom stereocenters. The first kappa shape index (κ1) is 13.0. The fraction of sp³-hybridized carbons (Fsp3) is 0.533. The van der Waals surface area contributed by atoms with E-state index in [1.165, 1.54) is 18.9 Å². The summed E-state index contributed by atoms with van der Waals surface area (Å²) in [6, 6.07) is 7.16. The molecule has 0 saturated heterocycles. The summed E-state index contributed by atoms with van der Waals surface area (Å²) < 4.78 is 13.2. The van der Waals surface area contributed by atoms with E-state index >= 15 is 0 Å². The zero-order valence-electron chi connectivity index (χ0n) is 10.9. The van der Waals surface area contributed by atoms with Crippen molar-refractivity contribution in [2.24, 2.45) is 11.8 Å². The Morgan fingerprint density at radius 3 is 2.78 bits per heavy atom. The predicted molar refractivity (Wildman–Crippen MR) is 69.3 cm³/mol. The van der Waals surface area contributed by atoms with Crippen molar-refractivity contribution in [3.63, 3.8) is 0 Å². The van der Waals surface area contributed by atoms with E-state index in [0.29, 0.717) is 18.5 Å². The molecule has 3 unspecified atom stereocenters. The maximum Gasteiger partial charge on any atom is 0.140 e. The number of nitriles is 1. The molecule has 1 aliphatic carbocycles. The van der Waals surface area contributed by atoms with Gasteiger partial charge in [0.25, 0.3) is 0 Å². The van der Waals surface area contributed by atoms with Crippen LogP contribution in [0.1, 0.15) is 37.8 Å². The minimum atomic E-state index is -0.441. The molecule has 0 aliphatic heterocycles. The zero-order chi connectivity index (χ0) is 13.1.